The summed E-state index contributed by atoms with van der Waals surface area (Å²) in [4.78, 5) is 12.9. The molecule has 0 aromatic heterocycles. The number of ketones is 1. The van der Waals surface area contributed by atoms with Crippen LogP contribution in [0.3, 0.4) is 0 Å². The highest BCUT2D eigenvalue weighted by atomic mass is 35.5. The van der Waals surface area contributed by atoms with E-state index >= 15 is 0 Å². The second-order valence-corrected chi connectivity index (χ2v) is 8.04. The van der Waals surface area contributed by atoms with Crippen molar-refractivity contribution in [2.24, 2.45) is 0 Å². The number of hydrogen-bond acceptors (Lipinski definition) is 3. The Morgan fingerprint density at radius 3 is 2.48 bits per heavy atom. The van der Waals surface area contributed by atoms with Crippen LogP contribution in [0.1, 0.15) is 25.0 Å². The van der Waals surface area contributed by atoms with Gasteiger partial charge in [-0.2, -0.15) is 0 Å². The Bertz CT molecular complexity index is 890. The summed E-state index contributed by atoms with van der Waals surface area (Å²) in [6, 6.07) is 11.2. The molecule has 1 aliphatic rings. The van der Waals surface area contributed by atoms with E-state index in [4.69, 9.17) is 16.3 Å². The molecule has 0 bridgehead atoms. The minimum absolute atomic E-state index is 0.109. The van der Waals surface area contributed by atoms with E-state index in [1.54, 1.807) is 44.2 Å². The molecule has 0 saturated carbocycles. The van der Waals surface area contributed by atoms with Gasteiger partial charge < -0.3 is 9.29 Å². The Morgan fingerprint density at radius 2 is 1.88 bits per heavy atom. The molecule has 3 rings (SSSR count). The highest BCUT2D eigenvalue weighted by Gasteiger charge is 2.43. The molecule has 1 unspecified atom stereocenters. The molecule has 0 spiro atoms. The third kappa shape index (κ3) is 3.32. The lowest BCUT2D eigenvalue weighted by Gasteiger charge is -2.18. The molecule has 2 aromatic rings. The van der Waals surface area contributed by atoms with Crippen LogP contribution >= 0.6 is 11.6 Å². The molecule has 130 valence electrons. The van der Waals surface area contributed by atoms with Crippen LogP contribution in [-0.2, 0) is 20.7 Å². The lowest BCUT2D eigenvalue weighted by atomic mass is 9.92. The number of halogens is 2. The summed E-state index contributed by atoms with van der Waals surface area (Å²) < 4.78 is 31.7. The maximum absolute atomic E-state index is 14.3. The topological polar surface area (TPSA) is 49.4 Å². The van der Waals surface area contributed by atoms with Crippen LogP contribution in [0.4, 0.5) is 4.39 Å². The van der Waals surface area contributed by atoms with E-state index in [1.807, 2.05) is 0 Å². The van der Waals surface area contributed by atoms with Gasteiger partial charge in [0.25, 0.3) is 0 Å². The average molecular weight is 379 g/mol. The normalized spacial score (nSPS) is 17.6. The molecular weight excluding hydrogens is 363 g/mol. The predicted molar refractivity (Wildman–Crippen MR) is 97.2 cm³/mol. The van der Waals surface area contributed by atoms with E-state index in [-0.39, 0.29) is 10.7 Å². The van der Waals surface area contributed by atoms with Gasteiger partial charge in [0.2, 0.25) is 5.78 Å². The van der Waals surface area contributed by atoms with Gasteiger partial charge >= 0.3 is 0 Å². The van der Waals surface area contributed by atoms with E-state index in [9.17, 15) is 13.7 Å². The average Bonchev–Trinajstić information content (AvgIpc) is 2.77. The van der Waals surface area contributed by atoms with Crippen LogP contribution in [0.2, 0.25) is 5.02 Å². The van der Waals surface area contributed by atoms with Gasteiger partial charge in [-0.05, 0) is 60.9 Å². The van der Waals surface area contributed by atoms with Crippen LogP contribution in [-0.4, -0.2) is 22.2 Å². The first-order valence-electron chi connectivity index (χ1n) is 7.58. The van der Waals surface area contributed by atoms with Gasteiger partial charge in [-0.25, -0.2) is 4.39 Å². The first-order chi connectivity index (χ1) is 11.7. The molecule has 6 heteroatoms. The Morgan fingerprint density at radius 1 is 1.16 bits per heavy atom. The molecule has 1 atom stereocenters. The second kappa shape index (κ2) is 6.48. The quantitative estimate of drug-likeness (QED) is 0.741. The molecule has 0 radical (unpaired) electrons. The van der Waals surface area contributed by atoms with Gasteiger partial charge in [-0.15, -0.1) is 0 Å². The van der Waals surface area contributed by atoms with Crippen molar-refractivity contribution in [2.75, 3.05) is 6.26 Å². The van der Waals surface area contributed by atoms with Gasteiger partial charge in [0.1, 0.15) is 12.0 Å². The van der Waals surface area contributed by atoms with E-state index in [2.05, 4.69) is 0 Å². The van der Waals surface area contributed by atoms with E-state index < -0.39 is 22.6 Å². The zero-order valence-corrected chi connectivity index (χ0v) is 15.5. The van der Waals surface area contributed by atoms with Crippen molar-refractivity contribution in [3.05, 3.63) is 64.4 Å². The number of rotatable bonds is 3. The first-order valence-corrected chi connectivity index (χ1v) is 9.51. The molecule has 25 heavy (non-hydrogen) atoms. The number of carbonyl (C=O) groups is 1. The van der Waals surface area contributed by atoms with Crippen molar-refractivity contribution in [1.29, 1.82) is 0 Å². The molecule has 0 saturated heterocycles. The van der Waals surface area contributed by atoms with Crippen LogP contribution in [0, 0.1) is 5.82 Å². The monoisotopic (exact) mass is 378 g/mol. The first kappa shape index (κ1) is 18.0. The van der Waals surface area contributed by atoms with Crippen molar-refractivity contribution in [2.45, 2.75) is 24.3 Å². The summed E-state index contributed by atoms with van der Waals surface area (Å²) in [6.45, 7) is 3.33. The fourth-order valence-electron chi connectivity index (χ4n) is 2.74. The Kier molecular flexibility index (Phi) is 4.66. The van der Waals surface area contributed by atoms with E-state index in [0.29, 0.717) is 27.5 Å². The summed E-state index contributed by atoms with van der Waals surface area (Å²) in [7, 11) is 0. The van der Waals surface area contributed by atoms with Crippen molar-refractivity contribution in [3.63, 3.8) is 0 Å². The van der Waals surface area contributed by atoms with Gasteiger partial charge in [0.05, 0.1) is 5.57 Å². The Balaban J connectivity index is 2.19. The van der Waals surface area contributed by atoms with Gasteiger partial charge in [0.15, 0.2) is 16.3 Å². The molecule has 1 aliphatic heterocycles. The molecule has 0 amide bonds. The number of hydrogen-bond donors (Lipinski definition) is 0. The maximum atomic E-state index is 14.3. The SMILES string of the molecule is C[S+]([O-])c1ccc(C2=C(c3cccc(Cl)c3)C(=O)C(C)(C)O2)cc1F. The lowest BCUT2D eigenvalue weighted by Crippen LogP contribution is -2.29. The fraction of sp³-hybridized carbons (Fsp3) is 0.211. The predicted octanol–water partition coefficient (Wildman–Crippen LogP) is 4.46. The van der Waals surface area contributed by atoms with E-state index in [0.717, 1.165) is 0 Å². The number of benzene rings is 2. The summed E-state index contributed by atoms with van der Waals surface area (Å²) in [5, 5.41) is 0.491. The van der Waals surface area contributed by atoms with Crippen molar-refractivity contribution >= 4 is 39.9 Å². The van der Waals surface area contributed by atoms with Crippen molar-refractivity contribution < 1.29 is 18.5 Å². The molecule has 0 aliphatic carbocycles. The summed E-state index contributed by atoms with van der Waals surface area (Å²) in [6.07, 6.45) is 1.41. The highest BCUT2D eigenvalue weighted by molar-refractivity contribution is 7.90. The Hall–Kier alpha value is -1.82. The van der Waals surface area contributed by atoms with Crippen LogP contribution < -0.4 is 0 Å². The second-order valence-electron chi connectivity index (χ2n) is 6.26. The lowest BCUT2D eigenvalue weighted by molar-refractivity contribution is -0.125. The van der Waals surface area contributed by atoms with Gasteiger partial charge in [-0.1, -0.05) is 23.7 Å². The van der Waals surface area contributed by atoms with E-state index in [1.165, 1.54) is 18.4 Å². The van der Waals surface area contributed by atoms with Gasteiger partial charge in [0, 0.05) is 10.6 Å². The highest BCUT2D eigenvalue weighted by Crippen LogP contribution is 2.42. The Labute approximate surface area is 153 Å². The molecule has 0 fully saturated rings. The molecule has 0 N–H and O–H groups in total. The summed E-state index contributed by atoms with van der Waals surface area (Å²) in [5.74, 6) is -0.505. The number of carbonyl (C=O) groups excluding carboxylic acids is 1. The summed E-state index contributed by atoms with van der Waals surface area (Å²) in [5.41, 5.74) is 0.329. The number of Topliss-reactive ketones (excluding diaryl/α,β-unsaturated/α-hetero) is 1. The van der Waals surface area contributed by atoms with Crippen LogP contribution in [0.15, 0.2) is 47.4 Å². The van der Waals surface area contributed by atoms with Crippen LogP contribution in [0.5, 0.6) is 0 Å². The molecule has 3 nitrogen and oxygen atoms in total. The fourth-order valence-corrected chi connectivity index (χ4v) is 3.52. The van der Waals surface area contributed by atoms with Crippen molar-refractivity contribution in [3.8, 4) is 0 Å². The van der Waals surface area contributed by atoms with Gasteiger partial charge in [-0.3, -0.25) is 4.79 Å². The van der Waals surface area contributed by atoms with Crippen molar-refractivity contribution in [1.82, 2.24) is 0 Å². The minimum atomic E-state index is -1.44. The standard InChI is InChI=1S/C19H16ClFO3S/c1-19(2)18(22)16(11-5-4-6-13(20)9-11)17(24-19)12-7-8-15(25(3)23)14(21)10-12/h4-10H,1-3H3. The third-order valence-electron chi connectivity index (χ3n) is 3.98. The molecule has 2 aromatic carbocycles. The maximum Gasteiger partial charge on any atom is 0.210 e. The zero-order valence-electron chi connectivity index (χ0n) is 13.9. The zero-order chi connectivity index (χ0) is 18.4. The third-order valence-corrected chi connectivity index (χ3v) is 5.16. The summed E-state index contributed by atoms with van der Waals surface area (Å²) >= 11 is 4.61. The molecular formula is C19H16ClFO3S. The largest absolute Gasteiger partial charge is 0.612 e. The van der Waals surface area contributed by atoms with Crippen LogP contribution in [0.25, 0.3) is 11.3 Å². The minimum Gasteiger partial charge on any atom is -0.612 e. The molecule has 1 heterocycles. The smallest absolute Gasteiger partial charge is 0.210 e. The number of ether oxygens (including phenoxy) is 1.